The van der Waals surface area contributed by atoms with Crippen molar-refractivity contribution in [2.24, 2.45) is 11.3 Å². The molecular formula is C12H15BrF3N3O. The highest BCUT2D eigenvalue weighted by Gasteiger charge is 2.45. The van der Waals surface area contributed by atoms with Gasteiger partial charge in [-0.15, -0.1) is 0 Å². The van der Waals surface area contributed by atoms with E-state index < -0.39 is 18.3 Å². The Labute approximate surface area is 122 Å². The summed E-state index contributed by atoms with van der Waals surface area (Å²) >= 11 is 3.03. The lowest BCUT2D eigenvalue weighted by molar-refractivity contribution is -0.143. The molecule has 1 aromatic heterocycles. The fraction of sp³-hybridized carbons (Fsp3) is 0.667. The van der Waals surface area contributed by atoms with Gasteiger partial charge < -0.3 is 5.32 Å². The minimum Gasteiger partial charge on any atom is -0.382 e. The lowest BCUT2D eigenvalue weighted by atomic mass is 10.1. The van der Waals surface area contributed by atoms with E-state index >= 15 is 0 Å². The van der Waals surface area contributed by atoms with Gasteiger partial charge in [-0.05, 0) is 33.7 Å². The topological polar surface area (TPSA) is 46.9 Å². The fourth-order valence-electron chi connectivity index (χ4n) is 2.03. The molecule has 112 valence electrons. The Morgan fingerprint density at radius 3 is 2.65 bits per heavy atom. The van der Waals surface area contributed by atoms with Crippen LogP contribution in [0.4, 0.5) is 18.9 Å². The van der Waals surface area contributed by atoms with Gasteiger partial charge >= 0.3 is 6.18 Å². The Kier molecular flexibility index (Phi) is 3.88. The van der Waals surface area contributed by atoms with Gasteiger partial charge in [0.1, 0.15) is 11.0 Å². The first-order chi connectivity index (χ1) is 9.10. The minimum absolute atomic E-state index is 0.0789. The van der Waals surface area contributed by atoms with Crippen LogP contribution >= 0.6 is 15.9 Å². The zero-order chi connectivity index (χ0) is 15.1. The summed E-state index contributed by atoms with van der Waals surface area (Å²) < 4.78 is 37.3. The summed E-state index contributed by atoms with van der Waals surface area (Å²) in [5.74, 6) is 0.506. The summed E-state index contributed by atoms with van der Waals surface area (Å²) in [6, 6.07) is 0. The van der Waals surface area contributed by atoms with Crippen LogP contribution in [0.25, 0.3) is 0 Å². The van der Waals surface area contributed by atoms with Crippen molar-refractivity contribution in [3.63, 3.8) is 0 Å². The maximum atomic E-state index is 12.3. The van der Waals surface area contributed by atoms with Gasteiger partial charge in [0.2, 0.25) is 0 Å². The summed E-state index contributed by atoms with van der Waals surface area (Å²) in [6.07, 6.45) is -2.13. The van der Waals surface area contributed by atoms with Crippen molar-refractivity contribution in [3.8, 4) is 0 Å². The molecule has 1 aliphatic carbocycles. The van der Waals surface area contributed by atoms with Gasteiger partial charge in [0.15, 0.2) is 0 Å². The number of hydrogen-bond acceptors (Lipinski definition) is 3. The van der Waals surface area contributed by atoms with Gasteiger partial charge in [-0.3, -0.25) is 4.79 Å². The van der Waals surface area contributed by atoms with Crippen LogP contribution in [0.5, 0.6) is 0 Å². The molecular weight excluding hydrogens is 339 g/mol. The number of hydrogen-bond donors (Lipinski definition) is 1. The molecule has 8 heteroatoms. The second-order valence-corrected chi connectivity index (χ2v) is 6.51. The number of anilines is 1. The van der Waals surface area contributed by atoms with E-state index in [1.807, 2.05) is 0 Å². The van der Waals surface area contributed by atoms with E-state index in [4.69, 9.17) is 0 Å². The van der Waals surface area contributed by atoms with Gasteiger partial charge in [-0.1, -0.05) is 13.8 Å². The van der Waals surface area contributed by atoms with Crippen LogP contribution in [0.1, 0.15) is 20.3 Å². The molecule has 0 spiro atoms. The van der Waals surface area contributed by atoms with Crippen molar-refractivity contribution in [2.45, 2.75) is 33.0 Å². The number of halogens is 4. The van der Waals surface area contributed by atoms with Crippen molar-refractivity contribution in [1.82, 2.24) is 9.78 Å². The molecule has 1 atom stereocenters. The molecule has 1 saturated carbocycles. The van der Waals surface area contributed by atoms with E-state index in [1.54, 1.807) is 0 Å². The van der Waals surface area contributed by atoms with Crippen molar-refractivity contribution in [1.29, 1.82) is 0 Å². The lowest BCUT2D eigenvalue weighted by Crippen LogP contribution is -2.31. The third kappa shape index (κ3) is 3.53. The molecule has 0 bridgehead atoms. The Hall–Kier alpha value is -1.05. The molecule has 1 fully saturated rings. The fourth-order valence-corrected chi connectivity index (χ4v) is 2.48. The minimum atomic E-state index is -4.47. The first-order valence-corrected chi connectivity index (χ1v) is 6.96. The highest BCUT2D eigenvalue weighted by molar-refractivity contribution is 9.10. The third-order valence-corrected chi connectivity index (χ3v) is 4.34. The first kappa shape index (κ1) is 15.3. The number of aromatic nitrogens is 2. The number of nitrogens with zero attached hydrogens (tertiary/aromatic N) is 2. The largest absolute Gasteiger partial charge is 0.408 e. The van der Waals surface area contributed by atoms with E-state index in [0.717, 1.165) is 6.42 Å². The zero-order valence-corrected chi connectivity index (χ0v) is 12.7. The lowest BCUT2D eigenvalue weighted by Gasteiger charge is -2.12. The average Bonchev–Trinajstić information content (AvgIpc) is 2.90. The highest BCUT2D eigenvalue weighted by Crippen LogP contribution is 2.51. The Balaban J connectivity index is 2.09. The van der Waals surface area contributed by atoms with Gasteiger partial charge in [0.05, 0.1) is 11.9 Å². The third-order valence-electron chi connectivity index (χ3n) is 3.57. The van der Waals surface area contributed by atoms with Gasteiger partial charge in [-0.2, -0.15) is 18.3 Å². The van der Waals surface area contributed by atoms with Crippen LogP contribution in [0.3, 0.4) is 0 Å². The zero-order valence-electron chi connectivity index (χ0n) is 11.1. The van der Waals surface area contributed by atoms with Crippen LogP contribution in [-0.2, 0) is 6.54 Å². The summed E-state index contributed by atoms with van der Waals surface area (Å²) in [5.41, 5.74) is -0.0726. The molecule has 1 N–H and O–H groups in total. The maximum Gasteiger partial charge on any atom is 0.408 e. The van der Waals surface area contributed by atoms with E-state index in [1.165, 1.54) is 6.20 Å². The van der Waals surface area contributed by atoms with Crippen LogP contribution in [0.2, 0.25) is 0 Å². The second kappa shape index (κ2) is 5.05. The monoisotopic (exact) mass is 353 g/mol. The molecule has 0 aromatic carbocycles. The van der Waals surface area contributed by atoms with Crippen molar-refractivity contribution in [2.75, 3.05) is 11.9 Å². The van der Waals surface area contributed by atoms with Crippen LogP contribution in [0.15, 0.2) is 15.5 Å². The number of nitrogens with one attached hydrogen (secondary N) is 1. The predicted octanol–water partition coefficient (Wildman–Crippen LogP) is 3.03. The normalized spacial score (nSPS) is 20.8. The Morgan fingerprint density at radius 2 is 2.15 bits per heavy atom. The summed E-state index contributed by atoms with van der Waals surface area (Å²) in [5, 5.41) is 6.61. The molecule has 0 aliphatic heterocycles. The molecule has 20 heavy (non-hydrogen) atoms. The van der Waals surface area contributed by atoms with E-state index in [2.05, 4.69) is 40.2 Å². The molecule has 2 rings (SSSR count). The molecule has 4 nitrogen and oxygen atoms in total. The van der Waals surface area contributed by atoms with Crippen molar-refractivity contribution < 1.29 is 13.2 Å². The molecule has 0 saturated heterocycles. The van der Waals surface area contributed by atoms with Gasteiger partial charge in [-0.25, -0.2) is 4.68 Å². The standard InChI is InChI=1S/C12H15BrF3N3O/c1-11(2)3-7(11)4-17-8-5-18-19(6-12(14,15)16)10(20)9(8)13/h5,7,17H,3-4,6H2,1-2H3. The maximum absolute atomic E-state index is 12.3. The van der Waals surface area contributed by atoms with Gasteiger partial charge in [0, 0.05) is 6.54 Å². The average molecular weight is 354 g/mol. The number of rotatable bonds is 4. The molecule has 1 unspecified atom stereocenters. The Morgan fingerprint density at radius 1 is 1.55 bits per heavy atom. The van der Waals surface area contributed by atoms with Crippen LogP contribution in [-0.4, -0.2) is 22.5 Å². The molecule has 1 heterocycles. The molecule has 1 aromatic rings. The summed E-state index contributed by atoms with van der Waals surface area (Å²) in [4.78, 5) is 11.8. The molecule has 0 radical (unpaired) electrons. The molecule has 1 aliphatic rings. The predicted molar refractivity (Wildman–Crippen MR) is 72.6 cm³/mol. The van der Waals surface area contributed by atoms with Crippen molar-refractivity contribution >= 4 is 21.6 Å². The second-order valence-electron chi connectivity index (χ2n) is 5.72. The van der Waals surface area contributed by atoms with Crippen LogP contribution in [0, 0.1) is 11.3 Å². The summed E-state index contributed by atoms with van der Waals surface area (Å²) in [6.45, 7) is 3.58. The van der Waals surface area contributed by atoms with Crippen LogP contribution < -0.4 is 10.9 Å². The van der Waals surface area contributed by atoms with Gasteiger partial charge in [0.25, 0.3) is 5.56 Å². The van der Waals surface area contributed by atoms with Crippen molar-refractivity contribution in [3.05, 3.63) is 21.0 Å². The Bertz CT molecular complexity index is 568. The smallest absolute Gasteiger partial charge is 0.382 e. The van der Waals surface area contributed by atoms with E-state index in [-0.39, 0.29) is 9.89 Å². The number of alkyl halides is 3. The van der Waals surface area contributed by atoms with E-state index in [9.17, 15) is 18.0 Å². The molecule has 0 amide bonds. The van der Waals surface area contributed by atoms with E-state index in [0.29, 0.717) is 22.8 Å². The highest BCUT2D eigenvalue weighted by atomic mass is 79.9. The first-order valence-electron chi connectivity index (χ1n) is 6.16. The quantitative estimate of drug-likeness (QED) is 0.904. The SMILES string of the molecule is CC1(C)CC1CNc1cnn(CC(F)(F)F)c(=O)c1Br. The summed E-state index contributed by atoms with van der Waals surface area (Å²) in [7, 11) is 0.